The molecule has 0 atom stereocenters. The van der Waals surface area contributed by atoms with Crippen molar-refractivity contribution in [2.75, 3.05) is 27.2 Å². The summed E-state index contributed by atoms with van der Waals surface area (Å²) in [6.45, 7) is 1.94. The van der Waals surface area contributed by atoms with Crippen LogP contribution in [-0.4, -0.2) is 48.5 Å². The van der Waals surface area contributed by atoms with Crippen LogP contribution in [0.1, 0.15) is 36.0 Å². The summed E-state index contributed by atoms with van der Waals surface area (Å²) in [6, 6.07) is 21.4. The zero-order valence-electron chi connectivity index (χ0n) is 19.5. The SMILES string of the molecule is CN(C)CC(=O)NCCCCCn1ccc(C(C(N)=O)(c2ccccc2)c2ccccc2)c1. The van der Waals surface area contributed by atoms with Crippen molar-refractivity contribution in [1.82, 2.24) is 14.8 Å². The zero-order chi connectivity index (χ0) is 23.7. The van der Waals surface area contributed by atoms with Gasteiger partial charge in [-0.2, -0.15) is 0 Å². The van der Waals surface area contributed by atoms with Crippen molar-refractivity contribution < 1.29 is 9.59 Å². The lowest BCUT2D eigenvalue weighted by molar-refractivity contribution is -0.122. The number of benzene rings is 2. The number of primary amides is 1. The average Bonchev–Trinajstić information content (AvgIpc) is 3.26. The number of rotatable bonds is 12. The van der Waals surface area contributed by atoms with Crippen LogP contribution in [0.15, 0.2) is 79.1 Å². The van der Waals surface area contributed by atoms with Crippen molar-refractivity contribution in [2.45, 2.75) is 31.2 Å². The largest absolute Gasteiger partial charge is 0.368 e. The number of hydrogen-bond donors (Lipinski definition) is 2. The molecule has 0 saturated heterocycles. The summed E-state index contributed by atoms with van der Waals surface area (Å²) in [4.78, 5) is 26.6. The lowest BCUT2D eigenvalue weighted by atomic mass is 9.69. The van der Waals surface area contributed by atoms with Crippen molar-refractivity contribution >= 4 is 11.8 Å². The summed E-state index contributed by atoms with van der Waals surface area (Å²) in [5, 5.41) is 2.95. The number of carbonyl (C=O) groups is 2. The molecule has 3 rings (SSSR count). The van der Waals surface area contributed by atoms with Crippen molar-refractivity contribution in [3.63, 3.8) is 0 Å². The van der Waals surface area contributed by atoms with Crippen LogP contribution in [0.25, 0.3) is 0 Å². The Morgan fingerprint density at radius 1 is 0.879 bits per heavy atom. The molecule has 2 amide bonds. The average molecular weight is 447 g/mol. The van der Waals surface area contributed by atoms with Crippen molar-refractivity contribution in [3.8, 4) is 0 Å². The Hall–Kier alpha value is -3.38. The molecule has 6 heteroatoms. The van der Waals surface area contributed by atoms with Gasteiger partial charge in [0, 0.05) is 25.5 Å². The third kappa shape index (κ3) is 5.90. The van der Waals surface area contributed by atoms with E-state index in [1.54, 1.807) is 0 Å². The Balaban J connectivity index is 1.70. The molecule has 0 bridgehead atoms. The first kappa shape index (κ1) is 24.3. The Bertz CT molecular complexity index is 989. The standard InChI is InChI=1S/C27H34N4O2/c1-30(2)21-25(32)29-17-10-5-11-18-31-19-16-24(20-31)27(26(28)33,22-12-6-3-7-13-22)23-14-8-4-9-15-23/h3-4,6-9,12-16,19-20H,5,10-11,17-18,21H2,1-2H3,(H2,28,33)(H,29,32). The van der Waals surface area contributed by atoms with Gasteiger partial charge in [-0.15, -0.1) is 0 Å². The van der Waals surface area contributed by atoms with E-state index in [4.69, 9.17) is 5.73 Å². The predicted molar refractivity (Wildman–Crippen MR) is 132 cm³/mol. The fourth-order valence-electron chi connectivity index (χ4n) is 4.27. The maximum atomic E-state index is 13.1. The molecule has 0 aliphatic heterocycles. The van der Waals surface area contributed by atoms with Gasteiger partial charge in [-0.05, 0) is 56.1 Å². The highest BCUT2D eigenvalue weighted by molar-refractivity contribution is 5.95. The minimum atomic E-state index is -1.05. The van der Waals surface area contributed by atoms with E-state index in [0.717, 1.165) is 42.5 Å². The first-order valence-corrected chi connectivity index (χ1v) is 11.4. The summed E-state index contributed by atoms with van der Waals surface area (Å²) in [5.41, 5.74) is 7.63. The second kappa shape index (κ2) is 11.5. The van der Waals surface area contributed by atoms with Gasteiger partial charge in [0.1, 0.15) is 5.41 Å². The number of carbonyl (C=O) groups excluding carboxylic acids is 2. The first-order valence-electron chi connectivity index (χ1n) is 11.4. The molecular formula is C27H34N4O2. The summed E-state index contributed by atoms with van der Waals surface area (Å²) < 4.78 is 2.11. The molecule has 0 spiro atoms. The van der Waals surface area contributed by atoms with E-state index < -0.39 is 11.3 Å². The highest BCUT2D eigenvalue weighted by Crippen LogP contribution is 2.39. The Labute approximate surface area is 196 Å². The van der Waals surface area contributed by atoms with Crippen LogP contribution in [0.3, 0.4) is 0 Å². The fraction of sp³-hybridized carbons (Fsp3) is 0.333. The number of unbranched alkanes of at least 4 members (excludes halogenated alkanes) is 2. The molecule has 1 heterocycles. The lowest BCUT2D eigenvalue weighted by Crippen LogP contribution is -2.43. The molecule has 0 unspecified atom stereocenters. The zero-order valence-corrected chi connectivity index (χ0v) is 19.5. The molecular weight excluding hydrogens is 412 g/mol. The summed E-state index contributed by atoms with van der Waals surface area (Å²) in [5.74, 6) is -0.342. The van der Waals surface area contributed by atoms with E-state index in [0.29, 0.717) is 13.1 Å². The third-order valence-corrected chi connectivity index (χ3v) is 5.84. The molecule has 3 aromatic rings. The summed E-state index contributed by atoms with van der Waals surface area (Å²) in [6.07, 6.45) is 6.97. The maximum Gasteiger partial charge on any atom is 0.237 e. The summed E-state index contributed by atoms with van der Waals surface area (Å²) in [7, 11) is 3.76. The first-order chi connectivity index (χ1) is 15.9. The Morgan fingerprint density at radius 2 is 1.48 bits per heavy atom. The van der Waals surface area contributed by atoms with Gasteiger partial charge in [-0.25, -0.2) is 0 Å². The topological polar surface area (TPSA) is 80.4 Å². The molecule has 0 aliphatic carbocycles. The van der Waals surface area contributed by atoms with E-state index in [1.807, 2.05) is 98.1 Å². The van der Waals surface area contributed by atoms with Gasteiger partial charge in [0.2, 0.25) is 11.8 Å². The molecule has 1 aromatic heterocycles. The molecule has 0 saturated carbocycles. The molecule has 0 aliphatic rings. The molecule has 2 aromatic carbocycles. The smallest absolute Gasteiger partial charge is 0.237 e. The number of aromatic nitrogens is 1. The van der Waals surface area contributed by atoms with Crippen LogP contribution in [0, 0.1) is 0 Å². The number of nitrogens with two attached hydrogens (primary N) is 1. The normalized spacial score (nSPS) is 11.5. The molecule has 6 nitrogen and oxygen atoms in total. The van der Waals surface area contributed by atoms with Crippen molar-refractivity contribution in [1.29, 1.82) is 0 Å². The lowest BCUT2D eigenvalue weighted by Gasteiger charge is -2.31. The predicted octanol–water partition coefficient (Wildman–Crippen LogP) is 3.16. The van der Waals surface area contributed by atoms with Crippen LogP contribution >= 0.6 is 0 Å². The number of aryl methyl sites for hydroxylation is 1. The molecule has 33 heavy (non-hydrogen) atoms. The van der Waals surface area contributed by atoms with Crippen molar-refractivity contribution in [3.05, 3.63) is 95.8 Å². The second-order valence-corrected chi connectivity index (χ2v) is 8.63. The van der Waals surface area contributed by atoms with E-state index in [-0.39, 0.29) is 5.91 Å². The molecule has 174 valence electrons. The van der Waals surface area contributed by atoms with Crippen LogP contribution in [0.4, 0.5) is 0 Å². The van der Waals surface area contributed by atoms with Crippen LogP contribution < -0.4 is 11.1 Å². The van der Waals surface area contributed by atoms with E-state index >= 15 is 0 Å². The van der Waals surface area contributed by atoms with Gasteiger partial charge in [0.05, 0.1) is 6.54 Å². The van der Waals surface area contributed by atoms with Gasteiger partial charge in [-0.3, -0.25) is 9.59 Å². The Morgan fingerprint density at radius 3 is 2.03 bits per heavy atom. The number of nitrogens with zero attached hydrogens (tertiary/aromatic N) is 2. The monoisotopic (exact) mass is 446 g/mol. The Kier molecular flexibility index (Phi) is 8.44. The van der Waals surface area contributed by atoms with Crippen LogP contribution in [0.2, 0.25) is 0 Å². The highest BCUT2D eigenvalue weighted by Gasteiger charge is 2.42. The van der Waals surface area contributed by atoms with Gasteiger partial charge >= 0.3 is 0 Å². The minimum absolute atomic E-state index is 0.0552. The van der Waals surface area contributed by atoms with Gasteiger partial charge < -0.3 is 20.5 Å². The molecule has 3 N–H and O–H groups in total. The third-order valence-electron chi connectivity index (χ3n) is 5.84. The van der Waals surface area contributed by atoms with E-state index in [1.165, 1.54) is 0 Å². The maximum absolute atomic E-state index is 13.1. The molecule has 0 radical (unpaired) electrons. The quantitative estimate of drug-likeness (QED) is 0.420. The molecule has 0 fully saturated rings. The van der Waals surface area contributed by atoms with Crippen molar-refractivity contribution in [2.24, 2.45) is 5.73 Å². The number of nitrogens with one attached hydrogen (secondary N) is 1. The summed E-state index contributed by atoms with van der Waals surface area (Å²) >= 11 is 0. The highest BCUT2D eigenvalue weighted by atomic mass is 16.2. The number of likely N-dealkylation sites (N-methyl/N-ethyl adjacent to an activating group) is 1. The minimum Gasteiger partial charge on any atom is -0.368 e. The number of hydrogen-bond acceptors (Lipinski definition) is 3. The number of amides is 2. The van der Waals surface area contributed by atoms with Gasteiger partial charge in [-0.1, -0.05) is 60.7 Å². The van der Waals surface area contributed by atoms with Gasteiger partial charge in [0.25, 0.3) is 0 Å². The van der Waals surface area contributed by atoms with Crippen LogP contribution in [-0.2, 0) is 21.5 Å². The van der Waals surface area contributed by atoms with E-state index in [2.05, 4.69) is 9.88 Å². The van der Waals surface area contributed by atoms with Crippen LogP contribution in [0.5, 0.6) is 0 Å². The van der Waals surface area contributed by atoms with E-state index in [9.17, 15) is 9.59 Å². The fourth-order valence-corrected chi connectivity index (χ4v) is 4.27. The van der Waals surface area contributed by atoms with Gasteiger partial charge in [0.15, 0.2) is 0 Å². The second-order valence-electron chi connectivity index (χ2n) is 8.63.